The van der Waals surface area contributed by atoms with Crippen molar-refractivity contribution >= 4 is 17.5 Å². The van der Waals surface area contributed by atoms with E-state index in [9.17, 15) is 9.59 Å². The molecule has 0 aromatic heterocycles. The molecule has 2 rings (SSSR count). The highest BCUT2D eigenvalue weighted by molar-refractivity contribution is 5.94. The molecule has 102 valence electrons. The molecule has 1 saturated carbocycles. The van der Waals surface area contributed by atoms with Crippen LogP contribution in [0, 0.1) is 0 Å². The van der Waals surface area contributed by atoms with E-state index in [1.165, 1.54) is 0 Å². The maximum absolute atomic E-state index is 11.9. The first-order chi connectivity index (χ1) is 9.15. The van der Waals surface area contributed by atoms with E-state index in [1.54, 1.807) is 6.92 Å². The number of para-hydroxylation sites is 1. The van der Waals surface area contributed by atoms with Gasteiger partial charge in [-0.15, -0.1) is 0 Å². The van der Waals surface area contributed by atoms with E-state index in [0.717, 1.165) is 18.5 Å². The highest BCUT2D eigenvalue weighted by Gasteiger charge is 2.23. The zero-order valence-electron chi connectivity index (χ0n) is 11.0. The molecule has 19 heavy (non-hydrogen) atoms. The average molecular weight is 261 g/mol. The first kappa shape index (κ1) is 13.5. The number of amides is 2. The van der Waals surface area contributed by atoms with Gasteiger partial charge in [0.15, 0.2) is 0 Å². The highest BCUT2D eigenvalue weighted by Crippen LogP contribution is 2.18. The van der Waals surface area contributed by atoms with Crippen molar-refractivity contribution in [1.82, 2.24) is 10.6 Å². The Hall–Kier alpha value is -1.88. The molecular formula is C14H19N3O2. The van der Waals surface area contributed by atoms with Gasteiger partial charge in [-0.2, -0.15) is 0 Å². The molecule has 1 unspecified atom stereocenters. The Morgan fingerprint density at radius 1 is 1.26 bits per heavy atom. The van der Waals surface area contributed by atoms with Crippen molar-refractivity contribution in [3.63, 3.8) is 0 Å². The van der Waals surface area contributed by atoms with Crippen LogP contribution in [0.5, 0.6) is 0 Å². The molecule has 5 heteroatoms. The average Bonchev–Trinajstić information content (AvgIpc) is 3.21. The SMILES string of the molecule is CC(NCC(=O)NC1CC1)C(=O)Nc1ccccc1. The summed E-state index contributed by atoms with van der Waals surface area (Å²) in [6.45, 7) is 1.91. The number of hydrogen-bond acceptors (Lipinski definition) is 3. The number of nitrogens with one attached hydrogen (secondary N) is 3. The van der Waals surface area contributed by atoms with Crippen LogP contribution in [0.25, 0.3) is 0 Å². The van der Waals surface area contributed by atoms with Crippen molar-refractivity contribution in [2.24, 2.45) is 0 Å². The summed E-state index contributed by atoms with van der Waals surface area (Å²) >= 11 is 0. The molecule has 0 radical (unpaired) electrons. The van der Waals surface area contributed by atoms with Crippen molar-refractivity contribution < 1.29 is 9.59 Å². The second-order valence-electron chi connectivity index (χ2n) is 4.80. The van der Waals surface area contributed by atoms with E-state index in [1.807, 2.05) is 30.3 Å². The monoisotopic (exact) mass is 261 g/mol. The van der Waals surface area contributed by atoms with E-state index in [0.29, 0.717) is 6.04 Å². The first-order valence-corrected chi connectivity index (χ1v) is 6.54. The Morgan fingerprint density at radius 2 is 1.95 bits per heavy atom. The summed E-state index contributed by atoms with van der Waals surface area (Å²) in [5, 5.41) is 8.56. The number of benzene rings is 1. The molecule has 0 spiro atoms. The third kappa shape index (κ3) is 4.71. The zero-order valence-corrected chi connectivity index (χ0v) is 11.0. The molecule has 2 amide bonds. The lowest BCUT2D eigenvalue weighted by Gasteiger charge is -2.13. The topological polar surface area (TPSA) is 70.2 Å². The molecule has 0 aliphatic heterocycles. The predicted octanol–water partition coefficient (Wildman–Crippen LogP) is 0.882. The second-order valence-corrected chi connectivity index (χ2v) is 4.80. The van der Waals surface area contributed by atoms with Crippen molar-refractivity contribution in [2.75, 3.05) is 11.9 Å². The van der Waals surface area contributed by atoms with Gasteiger partial charge >= 0.3 is 0 Å². The van der Waals surface area contributed by atoms with Crippen LogP contribution in [0.4, 0.5) is 5.69 Å². The fraction of sp³-hybridized carbons (Fsp3) is 0.429. The maximum atomic E-state index is 11.9. The van der Waals surface area contributed by atoms with E-state index in [4.69, 9.17) is 0 Å². The van der Waals surface area contributed by atoms with Crippen LogP contribution >= 0.6 is 0 Å². The molecule has 0 bridgehead atoms. The quantitative estimate of drug-likeness (QED) is 0.712. The number of rotatable bonds is 6. The lowest BCUT2D eigenvalue weighted by Crippen LogP contribution is -2.44. The molecule has 1 fully saturated rings. The summed E-state index contributed by atoms with van der Waals surface area (Å²) in [5.41, 5.74) is 0.753. The van der Waals surface area contributed by atoms with Crippen LogP contribution in [0.1, 0.15) is 19.8 Å². The molecule has 1 aromatic carbocycles. The van der Waals surface area contributed by atoms with E-state index >= 15 is 0 Å². The summed E-state index contributed by atoms with van der Waals surface area (Å²) in [4.78, 5) is 23.3. The molecule has 5 nitrogen and oxygen atoms in total. The summed E-state index contributed by atoms with van der Waals surface area (Å²) in [7, 11) is 0. The van der Waals surface area contributed by atoms with Crippen LogP contribution < -0.4 is 16.0 Å². The van der Waals surface area contributed by atoms with Gasteiger partial charge in [-0.3, -0.25) is 14.9 Å². The fourth-order valence-corrected chi connectivity index (χ4v) is 1.62. The Labute approximate surface area is 112 Å². The Bertz CT molecular complexity index is 443. The lowest BCUT2D eigenvalue weighted by atomic mass is 10.2. The van der Waals surface area contributed by atoms with Crippen LogP contribution in [-0.4, -0.2) is 30.4 Å². The normalized spacial score (nSPS) is 15.6. The summed E-state index contributed by atoms with van der Waals surface area (Å²) in [6.07, 6.45) is 2.13. The lowest BCUT2D eigenvalue weighted by molar-refractivity contribution is -0.121. The molecule has 3 N–H and O–H groups in total. The summed E-state index contributed by atoms with van der Waals surface area (Å²) < 4.78 is 0. The van der Waals surface area contributed by atoms with Gasteiger partial charge in [0.05, 0.1) is 12.6 Å². The second kappa shape index (κ2) is 6.33. The van der Waals surface area contributed by atoms with Gasteiger partial charge in [0, 0.05) is 11.7 Å². The van der Waals surface area contributed by atoms with Gasteiger partial charge in [-0.25, -0.2) is 0 Å². The Balaban J connectivity index is 1.71. The van der Waals surface area contributed by atoms with Crippen LogP contribution in [0.15, 0.2) is 30.3 Å². The van der Waals surface area contributed by atoms with E-state index in [-0.39, 0.29) is 18.4 Å². The highest BCUT2D eigenvalue weighted by atomic mass is 16.2. The summed E-state index contributed by atoms with van der Waals surface area (Å²) in [5.74, 6) is -0.202. The number of hydrogen-bond donors (Lipinski definition) is 3. The maximum Gasteiger partial charge on any atom is 0.241 e. The van der Waals surface area contributed by atoms with Crippen molar-refractivity contribution in [1.29, 1.82) is 0 Å². The third-order valence-electron chi connectivity index (χ3n) is 2.95. The molecule has 1 atom stereocenters. The van der Waals surface area contributed by atoms with Crippen LogP contribution in [0.2, 0.25) is 0 Å². The summed E-state index contributed by atoms with van der Waals surface area (Å²) in [6, 6.07) is 9.19. The van der Waals surface area contributed by atoms with Crippen molar-refractivity contribution in [2.45, 2.75) is 31.8 Å². The molecule has 1 aromatic rings. The van der Waals surface area contributed by atoms with Gasteiger partial charge in [0.25, 0.3) is 0 Å². The Morgan fingerprint density at radius 3 is 2.58 bits per heavy atom. The number of carbonyl (C=O) groups is 2. The van der Waals surface area contributed by atoms with Gasteiger partial charge in [0.1, 0.15) is 0 Å². The minimum atomic E-state index is -0.412. The standard InChI is InChI=1S/C14H19N3O2/c1-10(15-9-13(18)16-12-7-8-12)14(19)17-11-5-3-2-4-6-11/h2-6,10,12,15H,7-9H2,1H3,(H,16,18)(H,17,19). The van der Waals surface area contributed by atoms with E-state index < -0.39 is 6.04 Å². The minimum Gasteiger partial charge on any atom is -0.352 e. The molecule has 0 saturated heterocycles. The van der Waals surface area contributed by atoms with E-state index in [2.05, 4.69) is 16.0 Å². The smallest absolute Gasteiger partial charge is 0.241 e. The van der Waals surface area contributed by atoms with Gasteiger partial charge in [0.2, 0.25) is 11.8 Å². The third-order valence-corrected chi connectivity index (χ3v) is 2.95. The Kier molecular flexibility index (Phi) is 4.52. The number of anilines is 1. The minimum absolute atomic E-state index is 0.0538. The largest absolute Gasteiger partial charge is 0.352 e. The number of carbonyl (C=O) groups excluding carboxylic acids is 2. The molecule has 0 heterocycles. The van der Waals surface area contributed by atoms with Crippen LogP contribution in [-0.2, 0) is 9.59 Å². The predicted molar refractivity (Wildman–Crippen MR) is 73.7 cm³/mol. The molecule has 1 aliphatic rings. The van der Waals surface area contributed by atoms with Gasteiger partial charge < -0.3 is 10.6 Å². The molecule has 1 aliphatic carbocycles. The van der Waals surface area contributed by atoms with Crippen LogP contribution in [0.3, 0.4) is 0 Å². The zero-order chi connectivity index (χ0) is 13.7. The van der Waals surface area contributed by atoms with Crippen molar-refractivity contribution in [3.8, 4) is 0 Å². The fourth-order valence-electron chi connectivity index (χ4n) is 1.62. The first-order valence-electron chi connectivity index (χ1n) is 6.54. The van der Waals surface area contributed by atoms with Gasteiger partial charge in [-0.1, -0.05) is 18.2 Å². The molecular weight excluding hydrogens is 242 g/mol. The van der Waals surface area contributed by atoms with Gasteiger partial charge in [-0.05, 0) is 31.9 Å². The van der Waals surface area contributed by atoms with Crippen molar-refractivity contribution in [3.05, 3.63) is 30.3 Å².